The van der Waals surface area contributed by atoms with E-state index in [0.717, 1.165) is 32.2 Å². The van der Waals surface area contributed by atoms with E-state index in [0.29, 0.717) is 12.0 Å². The van der Waals surface area contributed by atoms with Crippen molar-refractivity contribution in [1.82, 2.24) is 9.80 Å². The summed E-state index contributed by atoms with van der Waals surface area (Å²) in [5.41, 5.74) is 6.11. The van der Waals surface area contributed by atoms with Crippen LogP contribution in [0.15, 0.2) is 4.99 Å². The monoisotopic (exact) mass is 282 g/mol. The predicted molar refractivity (Wildman–Crippen MR) is 82.9 cm³/mol. The molecule has 2 aliphatic heterocycles. The molecule has 0 amide bonds. The van der Waals surface area contributed by atoms with Crippen molar-refractivity contribution in [3.63, 3.8) is 0 Å². The predicted octanol–water partition coefficient (Wildman–Crippen LogP) is 1.14. The molecule has 2 rings (SSSR count). The molecule has 2 heterocycles. The SMILES string of the molecule is CC1CCN(C(C)CN=C(N)N2CCOC(C)C2)CC1. The van der Waals surface area contributed by atoms with E-state index in [1.807, 2.05) is 0 Å². The fourth-order valence-corrected chi connectivity index (χ4v) is 2.94. The van der Waals surface area contributed by atoms with Crippen molar-refractivity contribution in [2.24, 2.45) is 16.6 Å². The molecule has 0 aromatic rings. The molecule has 0 radical (unpaired) electrons. The van der Waals surface area contributed by atoms with E-state index in [1.54, 1.807) is 0 Å². The number of morpholine rings is 1. The maximum Gasteiger partial charge on any atom is 0.191 e. The van der Waals surface area contributed by atoms with Crippen molar-refractivity contribution in [3.05, 3.63) is 0 Å². The van der Waals surface area contributed by atoms with Gasteiger partial charge in [0.05, 0.1) is 19.3 Å². The minimum Gasteiger partial charge on any atom is -0.375 e. The zero-order valence-corrected chi connectivity index (χ0v) is 13.2. The van der Waals surface area contributed by atoms with Crippen LogP contribution in [0, 0.1) is 5.92 Å². The largest absolute Gasteiger partial charge is 0.375 e. The summed E-state index contributed by atoms with van der Waals surface area (Å²) < 4.78 is 5.53. The lowest BCUT2D eigenvalue weighted by molar-refractivity contribution is 0.00525. The molecule has 0 aromatic heterocycles. The third-order valence-corrected chi connectivity index (χ3v) is 4.52. The second kappa shape index (κ2) is 7.27. The average molecular weight is 282 g/mol. The van der Waals surface area contributed by atoms with E-state index in [1.165, 1.54) is 25.9 Å². The first-order valence-corrected chi connectivity index (χ1v) is 7.96. The molecule has 0 spiro atoms. The summed E-state index contributed by atoms with van der Waals surface area (Å²) in [7, 11) is 0. The Hall–Kier alpha value is -0.810. The van der Waals surface area contributed by atoms with Crippen LogP contribution in [0.25, 0.3) is 0 Å². The van der Waals surface area contributed by atoms with Crippen molar-refractivity contribution < 1.29 is 4.74 Å². The minimum absolute atomic E-state index is 0.249. The normalized spacial score (nSPS) is 28.6. The molecular formula is C15H30N4O. The molecule has 2 fully saturated rings. The first-order chi connectivity index (χ1) is 9.56. The summed E-state index contributed by atoms with van der Waals surface area (Å²) in [5, 5.41) is 0. The maximum absolute atomic E-state index is 6.11. The molecule has 0 saturated carbocycles. The van der Waals surface area contributed by atoms with E-state index in [9.17, 15) is 0 Å². The quantitative estimate of drug-likeness (QED) is 0.623. The van der Waals surface area contributed by atoms with E-state index < -0.39 is 0 Å². The van der Waals surface area contributed by atoms with Gasteiger partial charge in [0.15, 0.2) is 5.96 Å². The molecule has 20 heavy (non-hydrogen) atoms. The van der Waals surface area contributed by atoms with Gasteiger partial charge >= 0.3 is 0 Å². The second-order valence-corrected chi connectivity index (χ2v) is 6.39. The smallest absolute Gasteiger partial charge is 0.191 e. The Morgan fingerprint density at radius 3 is 2.65 bits per heavy atom. The number of nitrogens with zero attached hydrogens (tertiary/aromatic N) is 3. The number of hydrogen-bond donors (Lipinski definition) is 1. The Morgan fingerprint density at radius 2 is 2.00 bits per heavy atom. The molecule has 2 atom stereocenters. The summed E-state index contributed by atoms with van der Waals surface area (Å²) in [6.45, 7) is 12.3. The van der Waals surface area contributed by atoms with Crippen molar-refractivity contribution in [2.45, 2.75) is 45.8 Å². The first-order valence-electron chi connectivity index (χ1n) is 7.96. The Bertz CT molecular complexity index is 326. The van der Waals surface area contributed by atoms with Gasteiger partial charge in [0.25, 0.3) is 0 Å². The summed E-state index contributed by atoms with van der Waals surface area (Å²) >= 11 is 0. The number of aliphatic imine (C=N–C) groups is 1. The lowest BCUT2D eigenvalue weighted by atomic mass is 9.98. The summed E-state index contributed by atoms with van der Waals surface area (Å²) in [6, 6.07) is 0.486. The molecule has 116 valence electrons. The fourth-order valence-electron chi connectivity index (χ4n) is 2.94. The van der Waals surface area contributed by atoms with Crippen LogP contribution in [0.5, 0.6) is 0 Å². The molecule has 0 bridgehead atoms. The van der Waals surface area contributed by atoms with Crippen molar-refractivity contribution in [3.8, 4) is 0 Å². The van der Waals surface area contributed by atoms with Crippen molar-refractivity contribution in [1.29, 1.82) is 0 Å². The molecule has 5 nitrogen and oxygen atoms in total. The molecule has 5 heteroatoms. The standard InChI is InChI=1S/C15H30N4O/c1-12-4-6-18(7-5-12)13(2)10-17-15(16)19-8-9-20-14(3)11-19/h12-14H,4-11H2,1-3H3,(H2,16,17). The van der Waals surface area contributed by atoms with Gasteiger partial charge < -0.3 is 15.4 Å². The van der Waals surface area contributed by atoms with Gasteiger partial charge in [-0.25, -0.2) is 0 Å². The maximum atomic E-state index is 6.11. The van der Waals surface area contributed by atoms with E-state index in [2.05, 4.69) is 35.6 Å². The van der Waals surface area contributed by atoms with Gasteiger partial charge in [-0.3, -0.25) is 9.89 Å². The van der Waals surface area contributed by atoms with Crippen LogP contribution in [0.3, 0.4) is 0 Å². The highest BCUT2D eigenvalue weighted by Crippen LogP contribution is 2.18. The highest BCUT2D eigenvalue weighted by molar-refractivity contribution is 5.78. The molecule has 2 N–H and O–H groups in total. The number of piperidine rings is 1. The van der Waals surface area contributed by atoms with Crippen LogP contribution >= 0.6 is 0 Å². The molecular weight excluding hydrogens is 252 g/mol. The number of likely N-dealkylation sites (tertiary alicyclic amines) is 1. The van der Waals surface area contributed by atoms with Crippen LogP contribution in [0.2, 0.25) is 0 Å². The van der Waals surface area contributed by atoms with Gasteiger partial charge in [-0.2, -0.15) is 0 Å². The Kier molecular flexibility index (Phi) is 5.66. The van der Waals surface area contributed by atoms with Gasteiger partial charge in [0, 0.05) is 19.1 Å². The van der Waals surface area contributed by atoms with Crippen LogP contribution < -0.4 is 5.73 Å². The second-order valence-electron chi connectivity index (χ2n) is 6.39. The molecule has 0 aliphatic carbocycles. The van der Waals surface area contributed by atoms with Gasteiger partial charge in [-0.05, 0) is 45.7 Å². The lowest BCUT2D eigenvalue weighted by Crippen LogP contribution is -2.48. The molecule has 2 unspecified atom stereocenters. The van der Waals surface area contributed by atoms with E-state index in [4.69, 9.17) is 10.5 Å². The van der Waals surface area contributed by atoms with E-state index >= 15 is 0 Å². The Morgan fingerprint density at radius 1 is 1.30 bits per heavy atom. The molecule has 0 aromatic carbocycles. The van der Waals surface area contributed by atoms with Crippen molar-refractivity contribution in [2.75, 3.05) is 39.3 Å². The van der Waals surface area contributed by atoms with Gasteiger partial charge in [-0.1, -0.05) is 6.92 Å². The third kappa shape index (κ3) is 4.35. The number of ether oxygens (including phenoxy) is 1. The zero-order valence-electron chi connectivity index (χ0n) is 13.2. The third-order valence-electron chi connectivity index (χ3n) is 4.52. The van der Waals surface area contributed by atoms with Gasteiger partial charge in [-0.15, -0.1) is 0 Å². The summed E-state index contributed by atoms with van der Waals surface area (Å²) in [6.07, 6.45) is 2.87. The Labute approximate surface area is 123 Å². The van der Waals surface area contributed by atoms with Crippen LogP contribution in [-0.4, -0.2) is 67.2 Å². The van der Waals surface area contributed by atoms with E-state index in [-0.39, 0.29) is 6.10 Å². The first kappa shape index (κ1) is 15.6. The topological polar surface area (TPSA) is 54.1 Å². The number of nitrogens with two attached hydrogens (primary N) is 1. The lowest BCUT2D eigenvalue weighted by Gasteiger charge is -2.35. The van der Waals surface area contributed by atoms with Gasteiger partial charge in [0.2, 0.25) is 0 Å². The highest BCUT2D eigenvalue weighted by atomic mass is 16.5. The minimum atomic E-state index is 0.249. The number of hydrogen-bond acceptors (Lipinski definition) is 3. The van der Waals surface area contributed by atoms with Gasteiger partial charge in [0.1, 0.15) is 0 Å². The summed E-state index contributed by atoms with van der Waals surface area (Å²) in [4.78, 5) is 9.28. The number of guanidine groups is 1. The average Bonchev–Trinajstić information content (AvgIpc) is 2.45. The number of rotatable bonds is 3. The Balaban J connectivity index is 1.78. The van der Waals surface area contributed by atoms with Crippen LogP contribution in [-0.2, 0) is 4.74 Å². The summed E-state index contributed by atoms with van der Waals surface area (Å²) in [5.74, 6) is 1.55. The molecule has 2 aliphatic rings. The zero-order chi connectivity index (χ0) is 14.5. The highest BCUT2D eigenvalue weighted by Gasteiger charge is 2.21. The molecule has 2 saturated heterocycles. The van der Waals surface area contributed by atoms with Crippen molar-refractivity contribution >= 4 is 5.96 Å². The van der Waals surface area contributed by atoms with Crippen LogP contribution in [0.1, 0.15) is 33.6 Å². The van der Waals surface area contributed by atoms with Crippen LogP contribution in [0.4, 0.5) is 0 Å². The fraction of sp³-hybridized carbons (Fsp3) is 0.933.